The minimum Gasteiger partial charge on any atom is -0.378 e. The number of fused-ring (bicyclic) bond motifs is 1. The van der Waals surface area contributed by atoms with Gasteiger partial charge in [0.05, 0.1) is 30.8 Å². The second kappa shape index (κ2) is 6.88. The Kier molecular flexibility index (Phi) is 4.10. The molecule has 5 rings (SSSR count). The summed E-state index contributed by atoms with van der Waals surface area (Å²) < 4.78 is 7.63. The van der Waals surface area contributed by atoms with Crippen molar-refractivity contribution in [1.29, 1.82) is 0 Å². The van der Waals surface area contributed by atoms with E-state index in [0.717, 1.165) is 40.9 Å². The van der Waals surface area contributed by atoms with Gasteiger partial charge in [0, 0.05) is 23.3 Å². The fraction of sp³-hybridized carbons (Fsp3) is 0.316. The molecule has 1 aliphatic rings. The van der Waals surface area contributed by atoms with Crippen molar-refractivity contribution < 1.29 is 4.74 Å². The lowest BCUT2D eigenvalue weighted by Crippen LogP contribution is -2.22. The third-order valence-electron chi connectivity index (χ3n) is 4.92. The van der Waals surface area contributed by atoms with E-state index in [4.69, 9.17) is 4.74 Å². The van der Waals surface area contributed by atoms with Gasteiger partial charge in [-0.2, -0.15) is 10.2 Å². The van der Waals surface area contributed by atoms with Gasteiger partial charge in [-0.15, -0.1) is 0 Å². The first kappa shape index (κ1) is 16.1. The maximum atomic E-state index is 5.85. The lowest BCUT2D eigenvalue weighted by Gasteiger charge is -2.25. The molecular weight excluding hydrogens is 342 g/mol. The molecule has 4 aromatic heterocycles. The maximum Gasteiger partial charge on any atom is 0.162 e. The summed E-state index contributed by atoms with van der Waals surface area (Å²) in [5, 5.41) is 12.2. The number of rotatable bonds is 6. The van der Waals surface area contributed by atoms with Crippen molar-refractivity contribution in [3.05, 3.63) is 48.8 Å². The number of nitrogens with one attached hydrogen (secondary N) is 1. The van der Waals surface area contributed by atoms with Crippen LogP contribution in [0.3, 0.4) is 0 Å². The summed E-state index contributed by atoms with van der Waals surface area (Å²) in [7, 11) is 0. The summed E-state index contributed by atoms with van der Waals surface area (Å²) in [6.45, 7) is 0.745. The Morgan fingerprint density at radius 1 is 1.11 bits per heavy atom. The Balaban J connectivity index is 1.38. The zero-order valence-electron chi connectivity index (χ0n) is 14.7. The molecule has 8 nitrogen and oxygen atoms in total. The van der Waals surface area contributed by atoms with Crippen LogP contribution < -0.4 is 0 Å². The fourth-order valence-electron chi connectivity index (χ4n) is 3.19. The van der Waals surface area contributed by atoms with Gasteiger partial charge in [-0.05, 0) is 43.4 Å². The van der Waals surface area contributed by atoms with Crippen LogP contribution in [-0.2, 0) is 11.2 Å². The Morgan fingerprint density at radius 3 is 2.89 bits per heavy atom. The Labute approximate surface area is 155 Å². The number of nitrogens with zero attached hydrogens (tertiary/aromatic N) is 6. The molecule has 1 saturated carbocycles. The lowest BCUT2D eigenvalue weighted by molar-refractivity contribution is 0.00412. The van der Waals surface area contributed by atoms with Gasteiger partial charge >= 0.3 is 0 Å². The number of aromatic amines is 1. The zero-order chi connectivity index (χ0) is 18.1. The highest BCUT2D eigenvalue weighted by molar-refractivity contribution is 5.77. The molecular formula is C19H19N7O. The Hall–Kier alpha value is -3.13. The molecule has 0 unspecified atom stereocenters. The molecule has 27 heavy (non-hydrogen) atoms. The van der Waals surface area contributed by atoms with Gasteiger partial charge in [0.1, 0.15) is 6.33 Å². The van der Waals surface area contributed by atoms with E-state index >= 15 is 0 Å². The van der Waals surface area contributed by atoms with E-state index in [0.29, 0.717) is 11.9 Å². The molecule has 136 valence electrons. The van der Waals surface area contributed by atoms with Crippen LogP contribution in [0, 0.1) is 0 Å². The SMILES string of the molecule is c1n[nH]c(-c2cncc(-n3ncc4cc(CCOC5CCC5)cnc43)c2)n1. The molecule has 0 saturated heterocycles. The van der Waals surface area contributed by atoms with Gasteiger partial charge in [0.15, 0.2) is 11.5 Å². The molecule has 0 bridgehead atoms. The van der Waals surface area contributed by atoms with Crippen LogP contribution >= 0.6 is 0 Å². The van der Waals surface area contributed by atoms with Crippen molar-refractivity contribution in [2.75, 3.05) is 6.61 Å². The van der Waals surface area contributed by atoms with Crippen LogP contribution in [-0.4, -0.2) is 47.6 Å². The summed E-state index contributed by atoms with van der Waals surface area (Å²) in [4.78, 5) is 13.1. The average molecular weight is 361 g/mol. The fourth-order valence-corrected chi connectivity index (χ4v) is 3.19. The summed E-state index contributed by atoms with van der Waals surface area (Å²) in [6.07, 6.45) is 13.7. The predicted octanol–water partition coefficient (Wildman–Crippen LogP) is 2.71. The third kappa shape index (κ3) is 3.19. The molecule has 1 N–H and O–H groups in total. The Morgan fingerprint density at radius 2 is 2.07 bits per heavy atom. The summed E-state index contributed by atoms with van der Waals surface area (Å²) in [5.74, 6) is 0.669. The second-order valence-corrected chi connectivity index (χ2v) is 6.75. The first-order valence-corrected chi connectivity index (χ1v) is 9.12. The van der Waals surface area contributed by atoms with Crippen LogP contribution in [0.1, 0.15) is 24.8 Å². The molecule has 8 heteroatoms. The van der Waals surface area contributed by atoms with Gasteiger partial charge in [0.2, 0.25) is 0 Å². The van der Waals surface area contributed by atoms with Crippen molar-refractivity contribution in [1.82, 2.24) is 34.9 Å². The summed E-state index contributed by atoms with van der Waals surface area (Å²) in [6, 6.07) is 4.09. The third-order valence-corrected chi connectivity index (χ3v) is 4.92. The molecule has 0 radical (unpaired) electrons. The number of pyridine rings is 2. The highest BCUT2D eigenvalue weighted by Gasteiger charge is 2.17. The van der Waals surface area contributed by atoms with Gasteiger partial charge in [-0.1, -0.05) is 0 Å². The van der Waals surface area contributed by atoms with Gasteiger partial charge in [0.25, 0.3) is 0 Å². The molecule has 1 fully saturated rings. The van der Waals surface area contributed by atoms with E-state index in [1.54, 1.807) is 17.1 Å². The number of hydrogen-bond donors (Lipinski definition) is 1. The zero-order valence-corrected chi connectivity index (χ0v) is 14.7. The number of hydrogen-bond acceptors (Lipinski definition) is 6. The quantitative estimate of drug-likeness (QED) is 0.567. The van der Waals surface area contributed by atoms with Crippen LogP contribution in [0.15, 0.2) is 43.2 Å². The van der Waals surface area contributed by atoms with Gasteiger partial charge in [-0.3, -0.25) is 10.1 Å². The predicted molar refractivity (Wildman–Crippen MR) is 99.3 cm³/mol. The van der Waals surface area contributed by atoms with Crippen molar-refractivity contribution in [3.63, 3.8) is 0 Å². The van der Waals surface area contributed by atoms with Crippen molar-refractivity contribution in [3.8, 4) is 17.1 Å². The monoisotopic (exact) mass is 361 g/mol. The largest absolute Gasteiger partial charge is 0.378 e. The molecule has 0 aliphatic heterocycles. The average Bonchev–Trinajstić information content (AvgIpc) is 3.33. The van der Waals surface area contributed by atoms with Crippen LogP contribution in [0.4, 0.5) is 0 Å². The van der Waals surface area contributed by atoms with E-state index in [-0.39, 0.29) is 0 Å². The van der Waals surface area contributed by atoms with Crippen LogP contribution in [0.25, 0.3) is 28.1 Å². The normalized spacial score (nSPS) is 14.5. The second-order valence-electron chi connectivity index (χ2n) is 6.75. The van der Waals surface area contributed by atoms with E-state index in [1.165, 1.54) is 25.6 Å². The molecule has 4 heterocycles. The molecule has 4 aromatic rings. The first-order chi connectivity index (χ1) is 13.4. The number of H-pyrrole nitrogens is 1. The smallest absolute Gasteiger partial charge is 0.162 e. The van der Waals surface area contributed by atoms with Crippen LogP contribution in [0.2, 0.25) is 0 Å². The summed E-state index contributed by atoms with van der Waals surface area (Å²) in [5.41, 5.74) is 3.64. The number of aromatic nitrogens is 7. The minimum absolute atomic E-state index is 0.466. The molecule has 1 aliphatic carbocycles. The first-order valence-electron chi connectivity index (χ1n) is 9.12. The van der Waals surface area contributed by atoms with E-state index in [9.17, 15) is 0 Å². The maximum absolute atomic E-state index is 5.85. The Bertz CT molecular complexity index is 1050. The van der Waals surface area contributed by atoms with E-state index in [2.05, 4.69) is 36.3 Å². The van der Waals surface area contributed by atoms with E-state index in [1.807, 2.05) is 18.5 Å². The topological polar surface area (TPSA) is 94.4 Å². The highest BCUT2D eigenvalue weighted by atomic mass is 16.5. The molecule has 0 aromatic carbocycles. The van der Waals surface area contributed by atoms with E-state index < -0.39 is 0 Å². The van der Waals surface area contributed by atoms with Crippen LogP contribution in [0.5, 0.6) is 0 Å². The number of ether oxygens (including phenoxy) is 1. The standard InChI is InChI=1S/C19H19N7O/c1-2-17(3-1)27-5-4-13-6-15-10-24-26(19(15)21-8-13)16-7-14(9-20-11-16)18-22-12-23-25-18/h6-12,17H,1-5H2,(H,22,23,25). The molecule has 0 spiro atoms. The van der Waals surface area contributed by atoms with Gasteiger partial charge < -0.3 is 4.74 Å². The minimum atomic E-state index is 0.466. The van der Waals surface area contributed by atoms with Crippen molar-refractivity contribution in [2.24, 2.45) is 0 Å². The molecule has 0 amide bonds. The summed E-state index contributed by atoms with van der Waals surface area (Å²) >= 11 is 0. The van der Waals surface area contributed by atoms with Crippen molar-refractivity contribution >= 4 is 11.0 Å². The van der Waals surface area contributed by atoms with Crippen molar-refractivity contribution in [2.45, 2.75) is 31.8 Å². The van der Waals surface area contributed by atoms with Gasteiger partial charge in [-0.25, -0.2) is 14.6 Å². The highest BCUT2D eigenvalue weighted by Crippen LogP contribution is 2.23. The lowest BCUT2D eigenvalue weighted by atomic mass is 9.96. The molecule has 0 atom stereocenters.